The Morgan fingerprint density at radius 2 is 1.81 bits per heavy atom. The number of amides is 2. The Morgan fingerprint density at radius 3 is 2.46 bits per heavy atom. The minimum Gasteiger partial charge on any atom is -0.395 e. The monoisotopic (exact) mass is 513 g/mol. The molecule has 37 heavy (non-hydrogen) atoms. The molecule has 1 aromatic heterocycles. The molecule has 0 spiro atoms. The van der Waals surface area contributed by atoms with Crippen molar-refractivity contribution in [3.8, 4) is 0 Å². The van der Waals surface area contributed by atoms with E-state index in [1.54, 1.807) is 34.8 Å². The second-order valence-corrected chi connectivity index (χ2v) is 10.3. The Balaban J connectivity index is 1.77. The second-order valence-electron chi connectivity index (χ2n) is 10.3. The van der Waals surface area contributed by atoms with E-state index in [0.29, 0.717) is 18.5 Å². The van der Waals surface area contributed by atoms with E-state index in [4.69, 9.17) is 5.11 Å². The fraction of sp³-hybridized carbons (Fsp3) is 0.444. The molecule has 200 valence electrons. The lowest BCUT2D eigenvalue weighted by molar-refractivity contribution is -0.125. The molecule has 0 saturated heterocycles. The summed E-state index contributed by atoms with van der Waals surface area (Å²) in [6.07, 6.45) is -0.831. The first-order valence-corrected chi connectivity index (χ1v) is 12.3. The number of hydrogen-bond acceptors (Lipinski definition) is 6. The summed E-state index contributed by atoms with van der Waals surface area (Å²) in [6, 6.07) is 12.5. The molecule has 10 heteroatoms. The fourth-order valence-electron chi connectivity index (χ4n) is 4.06. The number of nitrogens with one attached hydrogen (secondary N) is 2. The van der Waals surface area contributed by atoms with Gasteiger partial charge in [-0.25, -0.2) is 4.39 Å². The summed E-state index contributed by atoms with van der Waals surface area (Å²) >= 11 is 0. The Kier molecular flexibility index (Phi) is 9.36. The highest BCUT2D eigenvalue weighted by atomic mass is 19.1. The SMILES string of the molecule is CN(CCO)C[C@@H](O)CNC(=O)[C@@H](NC(=O)c1nn(Cc2ccc(F)cc2)c2ccccc12)C(C)(C)C. The van der Waals surface area contributed by atoms with Crippen LogP contribution in [0.25, 0.3) is 10.9 Å². The average molecular weight is 514 g/mol. The molecule has 4 N–H and O–H groups in total. The number of rotatable bonds is 11. The number of carbonyl (C=O) groups excluding carboxylic acids is 2. The molecule has 0 aliphatic rings. The summed E-state index contributed by atoms with van der Waals surface area (Å²) in [5, 5.41) is 30.0. The highest BCUT2D eigenvalue weighted by Gasteiger charge is 2.34. The molecule has 0 radical (unpaired) electrons. The first-order valence-electron chi connectivity index (χ1n) is 12.3. The standard InChI is InChI=1S/C27H36FN5O4/c1-27(2,3)24(26(37)29-15-20(35)17-32(4)13-14-34)30-25(36)23-21-7-5-6-8-22(21)33(31-23)16-18-9-11-19(28)12-10-18/h5-12,20,24,34-35H,13-17H2,1-4H3,(H,29,37)(H,30,36)/t20-,24+/m0/s1. The molecule has 0 bridgehead atoms. The van der Waals surface area contributed by atoms with Crippen LogP contribution < -0.4 is 10.6 Å². The van der Waals surface area contributed by atoms with Gasteiger partial charge in [-0.15, -0.1) is 0 Å². The first-order chi connectivity index (χ1) is 17.5. The van der Waals surface area contributed by atoms with Gasteiger partial charge in [-0.3, -0.25) is 14.3 Å². The number of fused-ring (bicyclic) bond motifs is 1. The third-order valence-corrected chi connectivity index (χ3v) is 6.04. The first kappa shape index (κ1) is 28.2. The van der Waals surface area contributed by atoms with E-state index in [1.807, 2.05) is 39.0 Å². The van der Waals surface area contributed by atoms with Crippen molar-refractivity contribution >= 4 is 22.7 Å². The molecule has 0 aliphatic carbocycles. The van der Waals surface area contributed by atoms with E-state index in [1.165, 1.54) is 12.1 Å². The lowest BCUT2D eigenvalue weighted by atomic mass is 9.86. The van der Waals surface area contributed by atoms with Crippen LogP contribution in [-0.2, 0) is 11.3 Å². The molecule has 1 heterocycles. The lowest BCUT2D eigenvalue weighted by Crippen LogP contribution is -2.55. The summed E-state index contributed by atoms with van der Waals surface area (Å²) < 4.78 is 15.0. The highest BCUT2D eigenvalue weighted by Crippen LogP contribution is 2.23. The number of aliphatic hydroxyl groups excluding tert-OH is 2. The van der Waals surface area contributed by atoms with Crippen molar-refractivity contribution < 1.29 is 24.2 Å². The number of hydrogen-bond donors (Lipinski definition) is 4. The molecule has 2 aromatic carbocycles. The van der Waals surface area contributed by atoms with Gasteiger partial charge in [-0.1, -0.05) is 51.1 Å². The average Bonchev–Trinajstić information content (AvgIpc) is 3.20. The third-order valence-electron chi connectivity index (χ3n) is 6.04. The summed E-state index contributed by atoms with van der Waals surface area (Å²) in [6.45, 7) is 6.54. The number of para-hydroxylation sites is 1. The quantitative estimate of drug-likeness (QED) is 0.310. The molecule has 2 atom stereocenters. The normalized spacial score (nSPS) is 13.5. The van der Waals surface area contributed by atoms with Crippen molar-refractivity contribution in [1.29, 1.82) is 0 Å². The second kappa shape index (κ2) is 12.3. The van der Waals surface area contributed by atoms with E-state index in [0.717, 1.165) is 11.1 Å². The molecule has 0 unspecified atom stereocenters. The molecule has 0 aliphatic heterocycles. The van der Waals surface area contributed by atoms with E-state index in [9.17, 15) is 19.1 Å². The number of benzene rings is 2. The van der Waals surface area contributed by atoms with Crippen LogP contribution in [-0.4, -0.2) is 82.1 Å². The predicted molar refractivity (Wildman–Crippen MR) is 140 cm³/mol. The Morgan fingerprint density at radius 1 is 1.14 bits per heavy atom. The fourth-order valence-corrected chi connectivity index (χ4v) is 4.06. The number of nitrogens with zero attached hydrogens (tertiary/aromatic N) is 3. The number of halogens is 1. The molecule has 3 aromatic rings. The summed E-state index contributed by atoms with van der Waals surface area (Å²) in [4.78, 5) is 28.2. The number of aliphatic hydroxyl groups is 2. The smallest absolute Gasteiger partial charge is 0.273 e. The minimum atomic E-state index is -0.886. The molecule has 2 amide bonds. The molecule has 0 saturated carbocycles. The maximum atomic E-state index is 13.4. The summed E-state index contributed by atoms with van der Waals surface area (Å²) in [7, 11) is 1.76. The van der Waals surface area contributed by atoms with Gasteiger partial charge < -0.3 is 25.7 Å². The molecule has 0 fully saturated rings. The van der Waals surface area contributed by atoms with E-state index in [-0.39, 0.29) is 31.2 Å². The van der Waals surface area contributed by atoms with Crippen LogP contribution in [0, 0.1) is 11.2 Å². The van der Waals surface area contributed by atoms with Crippen LogP contribution in [0.3, 0.4) is 0 Å². The maximum Gasteiger partial charge on any atom is 0.273 e. The molecular weight excluding hydrogens is 477 g/mol. The maximum absolute atomic E-state index is 13.4. The minimum absolute atomic E-state index is 0.00623. The van der Waals surface area contributed by atoms with Crippen molar-refractivity contribution in [3.63, 3.8) is 0 Å². The Hall–Kier alpha value is -3.34. The van der Waals surface area contributed by atoms with Gasteiger partial charge in [0.05, 0.1) is 24.8 Å². The van der Waals surface area contributed by atoms with Gasteiger partial charge in [0.25, 0.3) is 5.91 Å². The van der Waals surface area contributed by atoms with Crippen molar-refractivity contribution in [3.05, 3.63) is 65.6 Å². The zero-order chi connectivity index (χ0) is 27.2. The van der Waals surface area contributed by atoms with Crippen LogP contribution in [0.15, 0.2) is 48.5 Å². The van der Waals surface area contributed by atoms with Gasteiger partial charge in [0.1, 0.15) is 11.9 Å². The van der Waals surface area contributed by atoms with Gasteiger partial charge >= 0.3 is 0 Å². The van der Waals surface area contributed by atoms with Gasteiger partial charge in [-0.2, -0.15) is 5.10 Å². The summed E-state index contributed by atoms with van der Waals surface area (Å²) in [5.41, 5.74) is 1.14. The van der Waals surface area contributed by atoms with Crippen LogP contribution >= 0.6 is 0 Å². The molecule has 3 rings (SSSR count). The van der Waals surface area contributed by atoms with Gasteiger partial charge in [0.2, 0.25) is 5.91 Å². The number of likely N-dealkylation sites (N-methyl/N-ethyl adjacent to an activating group) is 1. The lowest BCUT2D eigenvalue weighted by Gasteiger charge is -2.30. The van der Waals surface area contributed by atoms with E-state index in [2.05, 4.69) is 15.7 Å². The van der Waals surface area contributed by atoms with Crippen LogP contribution in [0.2, 0.25) is 0 Å². The molecule has 9 nitrogen and oxygen atoms in total. The Labute approximate surface area is 216 Å². The van der Waals surface area contributed by atoms with Crippen molar-refractivity contribution in [2.45, 2.75) is 39.5 Å². The highest BCUT2D eigenvalue weighted by molar-refractivity contribution is 6.06. The van der Waals surface area contributed by atoms with Crippen LogP contribution in [0.5, 0.6) is 0 Å². The zero-order valence-corrected chi connectivity index (χ0v) is 21.7. The van der Waals surface area contributed by atoms with Crippen molar-refractivity contribution in [2.24, 2.45) is 5.41 Å². The zero-order valence-electron chi connectivity index (χ0n) is 21.7. The van der Waals surface area contributed by atoms with Gasteiger partial charge in [-0.05, 0) is 36.2 Å². The van der Waals surface area contributed by atoms with Crippen LogP contribution in [0.1, 0.15) is 36.8 Å². The largest absolute Gasteiger partial charge is 0.395 e. The Bertz CT molecular complexity index is 1210. The number of carbonyl (C=O) groups is 2. The summed E-state index contributed by atoms with van der Waals surface area (Å²) in [5.74, 6) is -1.24. The van der Waals surface area contributed by atoms with Gasteiger partial charge in [0, 0.05) is 25.0 Å². The van der Waals surface area contributed by atoms with E-state index < -0.39 is 29.4 Å². The topological polar surface area (TPSA) is 120 Å². The number of aromatic nitrogens is 2. The van der Waals surface area contributed by atoms with Crippen molar-refractivity contribution in [2.75, 3.05) is 33.3 Å². The molecular formula is C27H36FN5O4. The van der Waals surface area contributed by atoms with E-state index >= 15 is 0 Å². The predicted octanol–water partition coefficient (Wildman–Crippen LogP) is 1.77. The van der Waals surface area contributed by atoms with Crippen molar-refractivity contribution in [1.82, 2.24) is 25.3 Å². The van der Waals surface area contributed by atoms with Crippen LogP contribution in [0.4, 0.5) is 4.39 Å². The van der Waals surface area contributed by atoms with Gasteiger partial charge in [0.15, 0.2) is 5.69 Å². The third kappa shape index (κ3) is 7.58.